The molecule has 1 aromatic rings. The Labute approximate surface area is 104 Å². The SMILES string of the molecule is COc1ccccc1NC(C)CC(C)(C)OC. The highest BCUT2D eigenvalue weighted by Gasteiger charge is 2.20. The fourth-order valence-corrected chi connectivity index (χ4v) is 1.90. The third-order valence-electron chi connectivity index (χ3n) is 2.86. The van der Waals surface area contributed by atoms with Crippen LogP contribution in [0, 0.1) is 0 Å². The van der Waals surface area contributed by atoms with Crippen molar-refractivity contribution in [3.8, 4) is 5.75 Å². The molecule has 0 saturated carbocycles. The monoisotopic (exact) mass is 237 g/mol. The number of ether oxygens (including phenoxy) is 2. The average Bonchev–Trinajstić information content (AvgIpc) is 2.29. The second kappa shape index (κ2) is 5.92. The standard InChI is InChI=1S/C14H23NO2/c1-11(10-14(2,3)17-5)15-12-8-6-7-9-13(12)16-4/h6-9,11,15H,10H2,1-5H3. The quantitative estimate of drug-likeness (QED) is 0.823. The molecular weight excluding hydrogens is 214 g/mol. The van der Waals surface area contributed by atoms with Gasteiger partial charge in [-0.2, -0.15) is 0 Å². The number of rotatable bonds is 6. The molecule has 0 aliphatic carbocycles. The molecule has 96 valence electrons. The van der Waals surface area contributed by atoms with Gasteiger partial charge in [0.25, 0.3) is 0 Å². The lowest BCUT2D eigenvalue weighted by Crippen LogP contribution is -2.31. The zero-order valence-electron chi connectivity index (χ0n) is 11.4. The lowest BCUT2D eigenvalue weighted by molar-refractivity contribution is 0.0128. The molecule has 1 aromatic carbocycles. The molecule has 0 aliphatic rings. The van der Waals surface area contributed by atoms with Crippen molar-refractivity contribution in [3.63, 3.8) is 0 Å². The summed E-state index contributed by atoms with van der Waals surface area (Å²) in [5.41, 5.74) is 0.906. The highest BCUT2D eigenvalue weighted by molar-refractivity contribution is 5.56. The largest absolute Gasteiger partial charge is 0.495 e. The van der Waals surface area contributed by atoms with E-state index in [0.717, 1.165) is 17.9 Å². The van der Waals surface area contributed by atoms with Gasteiger partial charge in [-0.15, -0.1) is 0 Å². The molecule has 17 heavy (non-hydrogen) atoms. The van der Waals surface area contributed by atoms with E-state index in [0.29, 0.717) is 6.04 Å². The Hall–Kier alpha value is -1.22. The van der Waals surface area contributed by atoms with E-state index in [2.05, 4.69) is 26.1 Å². The van der Waals surface area contributed by atoms with E-state index in [9.17, 15) is 0 Å². The molecule has 1 atom stereocenters. The van der Waals surface area contributed by atoms with Crippen LogP contribution in [-0.2, 0) is 4.74 Å². The van der Waals surface area contributed by atoms with Gasteiger partial charge in [0.1, 0.15) is 5.75 Å². The molecule has 0 saturated heterocycles. The number of methoxy groups -OCH3 is 2. The lowest BCUT2D eigenvalue weighted by Gasteiger charge is -2.28. The summed E-state index contributed by atoms with van der Waals surface area (Å²) in [6.07, 6.45) is 0.932. The van der Waals surface area contributed by atoms with Crippen LogP contribution in [0.5, 0.6) is 5.75 Å². The average molecular weight is 237 g/mol. The van der Waals surface area contributed by atoms with Crippen molar-refractivity contribution in [2.45, 2.75) is 38.8 Å². The van der Waals surface area contributed by atoms with E-state index in [1.54, 1.807) is 14.2 Å². The third-order valence-corrected chi connectivity index (χ3v) is 2.86. The van der Waals surface area contributed by atoms with E-state index in [-0.39, 0.29) is 5.60 Å². The molecule has 0 radical (unpaired) electrons. The summed E-state index contributed by atoms with van der Waals surface area (Å²) in [5, 5.41) is 3.45. The first kappa shape index (κ1) is 13.8. The van der Waals surface area contributed by atoms with Crippen molar-refractivity contribution in [1.82, 2.24) is 0 Å². The van der Waals surface area contributed by atoms with Crippen LogP contribution in [0.15, 0.2) is 24.3 Å². The molecule has 1 N–H and O–H groups in total. The molecule has 1 unspecified atom stereocenters. The Kier molecular flexibility index (Phi) is 4.82. The van der Waals surface area contributed by atoms with Crippen LogP contribution >= 0.6 is 0 Å². The van der Waals surface area contributed by atoms with Crippen molar-refractivity contribution in [1.29, 1.82) is 0 Å². The third kappa shape index (κ3) is 4.27. The predicted octanol–water partition coefficient (Wildman–Crippen LogP) is 3.31. The van der Waals surface area contributed by atoms with E-state index in [4.69, 9.17) is 9.47 Å². The number of benzene rings is 1. The first-order chi connectivity index (χ1) is 7.98. The minimum absolute atomic E-state index is 0.117. The minimum atomic E-state index is -0.117. The Morgan fingerprint density at radius 2 is 1.88 bits per heavy atom. The van der Waals surface area contributed by atoms with Crippen LogP contribution in [0.25, 0.3) is 0 Å². The minimum Gasteiger partial charge on any atom is -0.495 e. The molecule has 3 heteroatoms. The lowest BCUT2D eigenvalue weighted by atomic mass is 9.99. The van der Waals surface area contributed by atoms with Crippen LogP contribution in [0.1, 0.15) is 27.2 Å². The van der Waals surface area contributed by atoms with Gasteiger partial charge in [0.05, 0.1) is 18.4 Å². The van der Waals surface area contributed by atoms with Gasteiger partial charge in [0.15, 0.2) is 0 Å². The van der Waals surface area contributed by atoms with Gasteiger partial charge in [-0.3, -0.25) is 0 Å². The van der Waals surface area contributed by atoms with Crippen molar-refractivity contribution in [2.24, 2.45) is 0 Å². The van der Waals surface area contributed by atoms with Crippen molar-refractivity contribution >= 4 is 5.69 Å². The number of nitrogens with one attached hydrogen (secondary N) is 1. The van der Waals surface area contributed by atoms with E-state index in [1.165, 1.54) is 0 Å². The second-order valence-electron chi connectivity index (χ2n) is 4.91. The number of hydrogen-bond donors (Lipinski definition) is 1. The molecule has 0 fully saturated rings. The number of anilines is 1. The smallest absolute Gasteiger partial charge is 0.141 e. The highest BCUT2D eigenvalue weighted by atomic mass is 16.5. The van der Waals surface area contributed by atoms with Gasteiger partial charge >= 0.3 is 0 Å². The fraction of sp³-hybridized carbons (Fsp3) is 0.571. The van der Waals surface area contributed by atoms with Gasteiger partial charge in [0, 0.05) is 13.2 Å². The number of para-hydroxylation sites is 2. The number of hydrogen-bond acceptors (Lipinski definition) is 3. The Balaban J connectivity index is 2.65. The van der Waals surface area contributed by atoms with Crippen LogP contribution in [0.3, 0.4) is 0 Å². The van der Waals surface area contributed by atoms with Crippen molar-refractivity contribution < 1.29 is 9.47 Å². The van der Waals surface area contributed by atoms with Crippen molar-refractivity contribution in [3.05, 3.63) is 24.3 Å². The maximum absolute atomic E-state index is 5.43. The fourth-order valence-electron chi connectivity index (χ4n) is 1.90. The normalized spacial score (nSPS) is 13.2. The molecular formula is C14H23NO2. The van der Waals surface area contributed by atoms with E-state index < -0.39 is 0 Å². The van der Waals surface area contributed by atoms with Crippen LogP contribution in [0.4, 0.5) is 5.69 Å². The van der Waals surface area contributed by atoms with Crippen LogP contribution in [0.2, 0.25) is 0 Å². The maximum atomic E-state index is 5.43. The molecule has 0 bridgehead atoms. The van der Waals surface area contributed by atoms with Gasteiger partial charge in [0.2, 0.25) is 0 Å². The summed E-state index contributed by atoms with van der Waals surface area (Å²) < 4.78 is 10.7. The summed E-state index contributed by atoms with van der Waals surface area (Å²) in [4.78, 5) is 0. The molecule has 0 aliphatic heterocycles. The summed E-state index contributed by atoms with van der Waals surface area (Å²) in [6, 6.07) is 8.26. The summed E-state index contributed by atoms with van der Waals surface area (Å²) in [5.74, 6) is 0.870. The summed E-state index contributed by atoms with van der Waals surface area (Å²) in [6.45, 7) is 6.33. The molecule has 0 spiro atoms. The Morgan fingerprint density at radius 3 is 2.47 bits per heavy atom. The molecule has 0 heterocycles. The van der Waals surface area contributed by atoms with Gasteiger partial charge in [-0.05, 0) is 39.3 Å². The van der Waals surface area contributed by atoms with Crippen LogP contribution < -0.4 is 10.1 Å². The molecule has 0 aromatic heterocycles. The van der Waals surface area contributed by atoms with E-state index >= 15 is 0 Å². The topological polar surface area (TPSA) is 30.5 Å². The highest BCUT2D eigenvalue weighted by Crippen LogP contribution is 2.25. The van der Waals surface area contributed by atoms with Gasteiger partial charge in [-0.25, -0.2) is 0 Å². The molecule has 1 rings (SSSR count). The van der Waals surface area contributed by atoms with Gasteiger partial charge in [-0.1, -0.05) is 12.1 Å². The maximum Gasteiger partial charge on any atom is 0.141 e. The molecule has 3 nitrogen and oxygen atoms in total. The van der Waals surface area contributed by atoms with E-state index in [1.807, 2.05) is 24.3 Å². The predicted molar refractivity (Wildman–Crippen MR) is 71.8 cm³/mol. The van der Waals surface area contributed by atoms with Gasteiger partial charge < -0.3 is 14.8 Å². The second-order valence-corrected chi connectivity index (χ2v) is 4.91. The Bertz CT molecular complexity index is 350. The summed E-state index contributed by atoms with van der Waals surface area (Å²) in [7, 11) is 3.43. The van der Waals surface area contributed by atoms with Crippen LogP contribution in [-0.4, -0.2) is 25.9 Å². The Morgan fingerprint density at radius 1 is 1.24 bits per heavy atom. The zero-order valence-corrected chi connectivity index (χ0v) is 11.4. The summed E-state index contributed by atoms with van der Waals surface area (Å²) >= 11 is 0. The zero-order chi connectivity index (χ0) is 12.9. The first-order valence-electron chi connectivity index (χ1n) is 5.93. The van der Waals surface area contributed by atoms with Crippen molar-refractivity contribution in [2.75, 3.05) is 19.5 Å². The first-order valence-corrected chi connectivity index (χ1v) is 5.93. The molecule has 0 amide bonds.